The number of nitrogens with two attached hydrogens (primary N) is 1. The highest BCUT2D eigenvalue weighted by atomic mass is 16.1. The molecule has 0 aliphatic rings. The standard InChI is InChI=1S/C18H21N3O2/c1-20-18(23)16-9-5-14(6-10-16)12-21(2)11-13-3-7-15(8-4-13)17(19)22/h3-10H,11-12H2,1-2H3,(H2,19,22)(H,20,23). The smallest absolute Gasteiger partial charge is 0.251 e. The molecule has 0 unspecified atom stereocenters. The van der Waals surface area contributed by atoms with E-state index >= 15 is 0 Å². The van der Waals surface area contributed by atoms with E-state index in [1.807, 2.05) is 43.4 Å². The van der Waals surface area contributed by atoms with Crippen molar-refractivity contribution in [1.29, 1.82) is 0 Å². The molecule has 0 fully saturated rings. The van der Waals surface area contributed by atoms with Crippen molar-refractivity contribution in [3.63, 3.8) is 0 Å². The number of carbonyl (C=O) groups excluding carboxylic acids is 2. The molecule has 2 rings (SSSR count). The first-order valence-corrected chi connectivity index (χ1v) is 7.38. The lowest BCUT2D eigenvalue weighted by Crippen LogP contribution is -2.19. The average Bonchev–Trinajstić information content (AvgIpc) is 2.55. The second kappa shape index (κ2) is 7.56. The van der Waals surface area contributed by atoms with Crippen LogP contribution in [0.3, 0.4) is 0 Å². The van der Waals surface area contributed by atoms with E-state index in [1.54, 1.807) is 19.2 Å². The Kier molecular flexibility index (Phi) is 5.49. The van der Waals surface area contributed by atoms with Crippen LogP contribution in [0.2, 0.25) is 0 Å². The topological polar surface area (TPSA) is 75.4 Å². The third-order valence-electron chi connectivity index (χ3n) is 3.59. The Labute approximate surface area is 136 Å². The minimum atomic E-state index is -0.416. The summed E-state index contributed by atoms with van der Waals surface area (Å²) in [4.78, 5) is 24.7. The van der Waals surface area contributed by atoms with Gasteiger partial charge in [0.2, 0.25) is 5.91 Å². The van der Waals surface area contributed by atoms with Crippen molar-refractivity contribution in [3.8, 4) is 0 Å². The third kappa shape index (κ3) is 4.66. The molecule has 5 heteroatoms. The summed E-state index contributed by atoms with van der Waals surface area (Å²) in [6.07, 6.45) is 0. The molecule has 0 atom stereocenters. The molecule has 0 saturated carbocycles. The predicted octanol–water partition coefficient (Wildman–Crippen LogP) is 1.78. The first-order chi connectivity index (χ1) is 11.0. The van der Waals surface area contributed by atoms with Crippen LogP contribution in [0.15, 0.2) is 48.5 Å². The van der Waals surface area contributed by atoms with E-state index in [9.17, 15) is 9.59 Å². The molecule has 3 N–H and O–H groups in total. The maximum atomic E-state index is 11.5. The van der Waals surface area contributed by atoms with Crippen LogP contribution in [-0.2, 0) is 13.1 Å². The Morgan fingerprint density at radius 1 is 0.913 bits per heavy atom. The van der Waals surface area contributed by atoms with E-state index in [-0.39, 0.29) is 5.91 Å². The van der Waals surface area contributed by atoms with Gasteiger partial charge in [0.15, 0.2) is 0 Å². The summed E-state index contributed by atoms with van der Waals surface area (Å²) in [7, 11) is 3.64. The van der Waals surface area contributed by atoms with Crippen molar-refractivity contribution in [2.75, 3.05) is 14.1 Å². The number of rotatable bonds is 6. The molecule has 0 radical (unpaired) electrons. The quantitative estimate of drug-likeness (QED) is 0.854. The van der Waals surface area contributed by atoms with Gasteiger partial charge in [-0.15, -0.1) is 0 Å². The van der Waals surface area contributed by atoms with E-state index in [2.05, 4.69) is 10.2 Å². The highest BCUT2D eigenvalue weighted by molar-refractivity contribution is 5.94. The van der Waals surface area contributed by atoms with E-state index in [0.717, 1.165) is 24.2 Å². The van der Waals surface area contributed by atoms with Crippen molar-refractivity contribution in [3.05, 3.63) is 70.8 Å². The molecule has 0 heterocycles. The number of carbonyl (C=O) groups is 2. The Bertz CT molecular complexity index is 678. The van der Waals surface area contributed by atoms with E-state index in [4.69, 9.17) is 5.73 Å². The molecule has 2 aromatic rings. The van der Waals surface area contributed by atoms with Gasteiger partial charge >= 0.3 is 0 Å². The Hall–Kier alpha value is -2.66. The van der Waals surface area contributed by atoms with Crippen LogP contribution < -0.4 is 11.1 Å². The second-order valence-corrected chi connectivity index (χ2v) is 5.51. The van der Waals surface area contributed by atoms with Crippen molar-refractivity contribution >= 4 is 11.8 Å². The lowest BCUT2D eigenvalue weighted by molar-refractivity contribution is 0.0961. The molecule has 23 heavy (non-hydrogen) atoms. The lowest BCUT2D eigenvalue weighted by Gasteiger charge is -2.17. The largest absolute Gasteiger partial charge is 0.366 e. The third-order valence-corrected chi connectivity index (χ3v) is 3.59. The number of benzene rings is 2. The fraction of sp³-hybridized carbons (Fsp3) is 0.222. The molecule has 2 amide bonds. The van der Waals surface area contributed by atoms with Crippen LogP contribution in [0, 0.1) is 0 Å². The zero-order valence-electron chi connectivity index (χ0n) is 13.4. The lowest BCUT2D eigenvalue weighted by atomic mass is 10.1. The molecule has 0 aromatic heterocycles. The van der Waals surface area contributed by atoms with Gasteiger partial charge in [-0.3, -0.25) is 14.5 Å². The SMILES string of the molecule is CNC(=O)c1ccc(CN(C)Cc2ccc(C(N)=O)cc2)cc1. The summed E-state index contributed by atoms with van der Waals surface area (Å²) >= 11 is 0. The summed E-state index contributed by atoms with van der Waals surface area (Å²) < 4.78 is 0. The fourth-order valence-electron chi connectivity index (χ4n) is 2.36. The first kappa shape index (κ1) is 16.7. The van der Waals surface area contributed by atoms with Gasteiger partial charge in [-0.05, 0) is 42.4 Å². The molecule has 0 bridgehead atoms. The molecule has 0 spiro atoms. The summed E-state index contributed by atoms with van der Waals surface area (Å²) in [6, 6.07) is 14.9. The van der Waals surface area contributed by atoms with Gasteiger partial charge in [0.25, 0.3) is 5.91 Å². The monoisotopic (exact) mass is 311 g/mol. The maximum absolute atomic E-state index is 11.5. The van der Waals surface area contributed by atoms with Gasteiger partial charge in [-0.1, -0.05) is 24.3 Å². The summed E-state index contributed by atoms with van der Waals surface area (Å²) in [5, 5.41) is 2.60. The average molecular weight is 311 g/mol. The first-order valence-electron chi connectivity index (χ1n) is 7.38. The number of hydrogen-bond acceptors (Lipinski definition) is 3. The van der Waals surface area contributed by atoms with Gasteiger partial charge in [0.1, 0.15) is 0 Å². The Morgan fingerprint density at radius 3 is 1.74 bits per heavy atom. The number of amides is 2. The number of nitrogens with zero attached hydrogens (tertiary/aromatic N) is 1. The Morgan fingerprint density at radius 2 is 1.35 bits per heavy atom. The van der Waals surface area contributed by atoms with Gasteiger partial charge in [0.05, 0.1) is 0 Å². The summed E-state index contributed by atoms with van der Waals surface area (Å²) in [6.45, 7) is 1.53. The summed E-state index contributed by atoms with van der Waals surface area (Å²) in [5.74, 6) is -0.499. The molecule has 0 saturated heterocycles. The minimum absolute atomic E-state index is 0.0838. The van der Waals surface area contributed by atoms with E-state index < -0.39 is 5.91 Å². The fourth-order valence-corrected chi connectivity index (χ4v) is 2.36. The minimum Gasteiger partial charge on any atom is -0.366 e. The zero-order chi connectivity index (χ0) is 16.8. The molecule has 2 aromatic carbocycles. The maximum Gasteiger partial charge on any atom is 0.251 e. The summed E-state index contributed by atoms with van der Waals surface area (Å²) in [5.41, 5.74) is 8.65. The van der Waals surface area contributed by atoms with E-state index in [0.29, 0.717) is 11.1 Å². The highest BCUT2D eigenvalue weighted by Gasteiger charge is 2.06. The zero-order valence-corrected chi connectivity index (χ0v) is 13.4. The Balaban J connectivity index is 1.95. The molecule has 0 aliphatic heterocycles. The van der Waals surface area contributed by atoms with Crippen LogP contribution in [0.25, 0.3) is 0 Å². The van der Waals surface area contributed by atoms with Crippen molar-refractivity contribution < 1.29 is 9.59 Å². The van der Waals surface area contributed by atoms with Crippen molar-refractivity contribution in [2.24, 2.45) is 5.73 Å². The van der Waals surface area contributed by atoms with Crippen LogP contribution in [-0.4, -0.2) is 30.8 Å². The molecular formula is C18H21N3O2. The van der Waals surface area contributed by atoms with E-state index in [1.165, 1.54) is 0 Å². The van der Waals surface area contributed by atoms with Gasteiger partial charge in [-0.25, -0.2) is 0 Å². The van der Waals surface area contributed by atoms with Crippen molar-refractivity contribution in [2.45, 2.75) is 13.1 Å². The van der Waals surface area contributed by atoms with Crippen LogP contribution in [0.4, 0.5) is 0 Å². The number of hydrogen-bond donors (Lipinski definition) is 2. The number of nitrogens with one attached hydrogen (secondary N) is 1. The molecule has 120 valence electrons. The number of primary amides is 1. The van der Waals surface area contributed by atoms with Crippen LogP contribution in [0.1, 0.15) is 31.8 Å². The molecule has 5 nitrogen and oxygen atoms in total. The normalized spacial score (nSPS) is 10.6. The molecule has 0 aliphatic carbocycles. The van der Waals surface area contributed by atoms with Crippen LogP contribution in [0.5, 0.6) is 0 Å². The van der Waals surface area contributed by atoms with Crippen LogP contribution >= 0.6 is 0 Å². The van der Waals surface area contributed by atoms with Gasteiger partial charge < -0.3 is 11.1 Å². The van der Waals surface area contributed by atoms with Gasteiger partial charge in [0, 0.05) is 31.3 Å². The molecular weight excluding hydrogens is 290 g/mol. The predicted molar refractivity (Wildman–Crippen MR) is 90.0 cm³/mol. The van der Waals surface area contributed by atoms with Gasteiger partial charge in [-0.2, -0.15) is 0 Å². The van der Waals surface area contributed by atoms with Crippen molar-refractivity contribution in [1.82, 2.24) is 10.2 Å². The highest BCUT2D eigenvalue weighted by Crippen LogP contribution is 2.11. The second-order valence-electron chi connectivity index (χ2n) is 5.51.